The topological polar surface area (TPSA) is 80.3 Å². The number of para-hydroxylation sites is 2. The van der Waals surface area contributed by atoms with E-state index in [-0.39, 0.29) is 18.9 Å². The van der Waals surface area contributed by atoms with Gasteiger partial charge in [-0.3, -0.25) is 20.4 Å². The van der Waals surface area contributed by atoms with Crippen molar-refractivity contribution in [3.63, 3.8) is 0 Å². The molecular formula is C19H19N3O3S2. The summed E-state index contributed by atoms with van der Waals surface area (Å²) < 4.78 is 7.48. The molecule has 2 N–H and O–H groups in total. The van der Waals surface area contributed by atoms with Gasteiger partial charge in [-0.25, -0.2) is 4.98 Å². The lowest BCUT2D eigenvalue weighted by Gasteiger charge is -2.10. The number of thiazole rings is 1. The Bertz CT molecular complexity index is 910. The lowest BCUT2D eigenvalue weighted by molar-refractivity contribution is -0.129. The maximum atomic E-state index is 11.8. The van der Waals surface area contributed by atoms with E-state index in [9.17, 15) is 9.59 Å². The molecule has 0 fully saturated rings. The molecule has 0 aliphatic heterocycles. The molecule has 2 amide bonds. The number of nitrogens with one attached hydrogen (secondary N) is 2. The number of nitrogens with zero attached hydrogens (tertiary/aromatic N) is 1. The largest absolute Gasteiger partial charge is 0.483 e. The van der Waals surface area contributed by atoms with E-state index in [0.717, 1.165) is 20.1 Å². The lowest BCUT2D eigenvalue weighted by atomic mass is 10.2. The predicted octanol–water partition coefficient (Wildman–Crippen LogP) is 3.31. The van der Waals surface area contributed by atoms with Gasteiger partial charge >= 0.3 is 0 Å². The van der Waals surface area contributed by atoms with Crippen LogP contribution in [0.15, 0.2) is 52.9 Å². The van der Waals surface area contributed by atoms with Gasteiger partial charge in [-0.1, -0.05) is 42.1 Å². The summed E-state index contributed by atoms with van der Waals surface area (Å²) in [4.78, 5) is 28.1. The fraction of sp³-hybridized carbons (Fsp3) is 0.211. The highest BCUT2D eigenvalue weighted by Crippen LogP contribution is 2.29. The predicted molar refractivity (Wildman–Crippen MR) is 108 cm³/mol. The molecule has 0 saturated heterocycles. The Labute approximate surface area is 165 Å². The van der Waals surface area contributed by atoms with Gasteiger partial charge in [-0.15, -0.1) is 11.3 Å². The van der Waals surface area contributed by atoms with Crippen molar-refractivity contribution in [2.75, 3.05) is 12.4 Å². The first-order chi connectivity index (χ1) is 13.1. The van der Waals surface area contributed by atoms with E-state index in [1.807, 2.05) is 49.4 Å². The summed E-state index contributed by atoms with van der Waals surface area (Å²) >= 11 is 3.13. The third kappa shape index (κ3) is 5.70. The molecule has 140 valence electrons. The zero-order valence-corrected chi connectivity index (χ0v) is 16.4. The first kappa shape index (κ1) is 19.2. The van der Waals surface area contributed by atoms with Crippen molar-refractivity contribution in [1.82, 2.24) is 15.8 Å². The summed E-state index contributed by atoms with van der Waals surface area (Å²) in [6, 6.07) is 15.4. The molecule has 1 heterocycles. The molecule has 0 bridgehead atoms. The molecule has 0 radical (unpaired) electrons. The third-order valence-electron chi connectivity index (χ3n) is 3.62. The first-order valence-corrected chi connectivity index (χ1v) is 10.2. The molecule has 0 aliphatic rings. The van der Waals surface area contributed by atoms with Crippen molar-refractivity contribution >= 4 is 45.1 Å². The number of carbonyl (C=O) groups excluding carboxylic acids is 2. The molecule has 27 heavy (non-hydrogen) atoms. The van der Waals surface area contributed by atoms with Crippen LogP contribution in [0, 0.1) is 6.92 Å². The summed E-state index contributed by atoms with van der Waals surface area (Å²) in [6.45, 7) is 1.74. The van der Waals surface area contributed by atoms with Gasteiger partial charge in [0.15, 0.2) is 10.9 Å². The van der Waals surface area contributed by atoms with Gasteiger partial charge in [0.2, 0.25) is 5.91 Å². The molecule has 3 aromatic rings. The molecule has 0 saturated carbocycles. The number of rotatable bonds is 7. The van der Waals surface area contributed by atoms with Crippen molar-refractivity contribution in [1.29, 1.82) is 0 Å². The molecule has 6 nitrogen and oxygen atoms in total. The van der Waals surface area contributed by atoms with Gasteiger partial charge in [-0.05, 0) is 30.7 Å². The number of carbonyl (C=O) groups is 2. The second-order valence-corrected chi connectivity index (χ2v) is 8.07. The minimum Gasteiger partial charge on any atom is -0.483 e. The monoisotopic (exact) mass is 401 g/mol. The molecule has 0 unspecified atom stereocenters. The van der Waals surface area contributed by atoms with Crippen LogP contribution in [0.2, 0.25) is 0 Å². The van der Waals surface area contributed by atoms with E-state index in [0.29, 0.717) is 11.5 Å². The third-order valence-corrected chi connectivity index (χ3v) is 5.80. The quantitative estimate of drug-likeness (QED) is 0.469. The molecule has 0 spiro atoms. The van der Waals surface area contributed by atoms with Crippen LogP contribution in [0.1, 0.15) is 12.0 Å². The Kier molecular flexibility index (Phi) is 6.67. The number of hydrogen-bond acceptors (Lipinski definition) is 6. The molecule has 3 rings (SSSR count). The second kappa shape index (κ2) is 9.38. The van der Waals surface area contributed by atoms with Crippen LogP contribution in [-0.2, 0) is 9.59 Å². The summed E-state index contributed by atoms with van der Waals surface area (Å²) in [7, 11) is 0. The normalized spacial score (nSPS) is 10.6. The van der Waals surface area contributed by atoms with Crippen LogP contribution in [0.25, 0.3) is 10.2 Å². The molecule has 8 heteroatoms. The van der Waals surface area contributed by atoms with Crippen LogP contribution in [0.4, 0.5) is 0 Å². The van der Waals surface area contributed by atoms with Gasteiger partial charge in [0.25, 0.3) is 5.91 Å². The Morgan fingerprint density at radius 3 is 2.63 bits per heavy atom. The van der Waals surface area contributed by atoms with Crippen molar-refractivity contribution in [2.24, 2.45) is 0 Å². The van der Waals surface area contributed by atoms with E-state index >= 15 is 0 Å². The SMILES string of the molecule is Cc1ccccc1OCC(=O)NNC(=O)CCSc1nc2ccccc2s1. The number of ether oxygens (including phenoxy) is 1. The summed E-state index contributed by atoms with van der Waals surface area (Å²) in [6.07, 6.45) is 0.277. The average Bonchev–Trinajstić information content (AvgIpc) is 3.08. The maximum absolute atomic E-state index is 11.8. The number of benzene rings is 2. The standard InChI is InChI=1S/C19H19N3O3S2/c1-13-6-2-4-8-15(13)25-12-18(24)22-21-17(23)10-11-26-19-20-14-7-3-5-9-16(14)27-19/h2-9H,10-12H2,1H3,(H,21,23)(H,22,24). The minimum absolute atomic E-state index is 0.161. The second-order valence-electron chi connectivity index (χ2n) is 5.70. The van der Waals surface area contributed by atoms with Gasteiger partial charge in [0, 0.05) is 12.2 Å². The van der Waals surface area contributed by atoms with Crippen molar-refractivity contribution in [3.8, 4) is 5.75 Å². The van der Waals surface area contributed by atoms with Crippen LogP contribution < -0.4 is 15.6 Å². The minimum atomic E-state index is -0.412. The summed E-state index contributed by atoms with van der Waals surface area (Å²) in [5.41, 5.74) is 6.67. The number of hydrazine groups is 1. The van der Waals surface area contributed by atoms with Crippen molar-refractivity contribution in [3.05, 3.63) is 54.1 Å². The maximum Gasteiger partial charge on any atom is 0.276 e. The van der Waals surface area contributed by atoms with Crippen LogP contribution in [0.5, 0.6) is 5.75 Å². The van der Waals surface area contributed by atoms with E-state index < -0.39 is 5.91 Å². The van der Waals surface area contributed by atoms with Crippen molar-refractivity contribution in [2.45, 2.75) is 17.7 Å². The zero-order valence-electron chi connectivity index (χ0n) is 14.7. The van der Waals surface area contributed by atoms with E-state index in [1.54, 1.807) is 17.4 Å². The average molecular weight is 402 g/mol. The highest BCUT2D eigenvalue weighted by atomic mass is 32.2. The van der Waals surface area contributed by atoms with E-state index in [4.69, 9.17) is 4.74 Å². The Hall–Kier alpha value is -2.58. The van der Waals surface area contributed by atoms with Gasteiger partial charge in [0.05, 0.1) is 10.2 Å². The van der Waals surface area contributed by atoms with Crippen molar-refractivity contribution < 1.29 is 14.3 Å². The van der Waals surface area contributed by atoms with Gasteiger partial charge < -0.3 is 4.74 Å². The Morgan fingerprint density at radius 2 is 1.81 bits per heavy atom. The number of thioether (sulfide) groups is 1. The number of aromatic nitrogens is 1. The van der Waals surface area contributed by atoms with Crippen LogP contribution in [-0.4, -0.2) is 29.2 Å². The number of fused-ring (bicyclic) bond motifs is 1. The molecule has 2 aromatic carbocycles. The summed E-state index contributed by atoms with van der Waals surface area (Å²) in [5, 5.41) is 0. The van der Waals surface area contributed by atoms with Crippen LogP contribution in [0.3, 0.4) is 0 Å². The van der Waals surface area contributed by atoms with Gasteiger partial charge in [-0.2, -0.15) is 0 Å². The molecule has 0 atom stereocenters. The zero-order chi connectivity index (χ0) is 19.1. The smallest absolute Gasteiger partial charge is 0.276 e. The molecule has 1 aromatic heterocycles. The number of aryl methyl sites for hydroxylation is 1. The van der Waals surface area contributed by atoms with E-state index in [2.05, 4.69) is 15.8 Å². The highest BCUT2D eigenvalue weighted by molar-refractivity contribution is 8.01. The highest BCUT2D eigenvalue weighted by Gasteiger charge is 2.08. The Balaban J connectivity index is 1.34. The van der Waals surface area contributed by atoms with Crippen LogP contribution >= 0.6 is 23.1 Å². The van der Waals surface area contributed by atoms with E-state index in [1.165, 1.54) is 11.8 Å². The number of amides is 2. The fourth-order valence-corrected chi connectivity index (χ4v) is 4.32. The number of hydrogen-bond donors (Lipinski definition) is 2. The molecule has 0 aliphatic carbocycles. The molecular weight excluding hydrogens is 382 g/mol. The van der Waals surface area contributed by atoms with Gasteiger partial charge in [0.1, 0.15) is 5.75 Å². The summed E-state index contributed by atoms with van der Waals surface area (Å²) in [5.74, 6) is 0.561. The Morgan fingerprint density at radius 1 is 1.07 bits per heavy atom. The first-order valence-electron chi connectivity index (χ1n) is 8.36. The lowest BCUT2D eigenvalue weighted by Crippen LogP contribution is -2.43. The fourth-order valence-electron chi connectivity index (χ4n) is 2.24.